The first-order valence-corrected chi connectivity index (χ1v) is 9.08. The van der Waals surface area contributed by atoms with Gasteiger partial charge in [0.2, 0.25) is 0 Å². The van der Waals surface area contributed by atoms with Crippen LogP contribution in [-0.4, -0.2) is 47.7 Å². The van der Waals surface area contributed by atoms with Crippen LogP contribution in [0.2, 0.25) is 0 Å². The molecule has 0 amide bonds. The van der Waals surface area contributed by atoms with Crippen LogP contribution in [0.4, 0.5) is 10.2 Å². The number of piperidine rings is 1. The van der Waals surface area contributed by atoms with E-state index in [0.29, 0.717) is 19.4 Å². The number of hydrogen-bond acceptors (Lipinski definition) is 6. The Balaban J connectivity index is 1.72. The molecule has 1 aromatic carbocycles. The smallest absolute Gasteiger partial charge is 0.130 e. The number of alkyl halides is 1. The maximum atomic E-state index is 13.3. The molecule has 5 N–H and O–H groups in total. The molecule has 7 heteroatoms. The van der Waals surface area contributed by atoms with Gasteiger partial charge in [-0.1, -0.05) is 18.7 Å². The molecule has 6 nitrogen and oxygen atoms in total. The number of aromatic nitrogens is 1. The number of halogens is 1. The Hall–Kier alpha value is -2.64. The van der Waals surface area contributed by atoms with Crippen molar-refractivity contribution in [1.29, 1.82) is 0 Å². The minimum absolute atomic E-state index is 0.594. The fraction of sp³-hybridized carbons (Fsp3) is 0.350. The number of nitrogens with zero attached hydrogens (tertiary/aromatic N) is 3. The number of rotatable bonds is 6. The molecular formula is C20H27FN6. The van der Waals surface area contributed by atoms with Crippen molar-refractivity contribution in [2.75, 3.05) is 32.0 Å². The van der Waals surface area contributed by atoms with E-state index in [9.17, 15) is 4.39 Å². The number of nitrogens with two attached hydrogens (primary N) is 2. The van der Waals surface area contributed by atoms with Gasteiger partial charge in [0.05, 0.1) is 5.70 Å². The molecule has 0 saturated carbocycles. The average molecular weight is 370 g/mol. The Bertz CT molecular complexity index is 839. The number of likely N-dealkylation sites (tertiary alicyclic amines) is 1. The van der Waals surface area contributed by atoms with Crippen LogP contribution in [0.1, 0.15) is 18.4 Å². The zero-order chi connectivity index (χ0) is 19.4. The molecule has 0 spiro atoms. The molecule has 0 atom stereocenters. The highest BCUT2D eigenvalue weighted by atomic mass is 19.1. The second kappa shape index (κ2) is 8.37. The van der Waals surface area contributed by atoms with Gasteiger partial charge in [-0.25, -0.2) is 15.2 Å². The predicted octanol–water partition coefficient (Wildman–Crippen LogP) is 2.66. The van der Waals surface area contributed by atoms with Gasteiger partial charge in [0.15, 0.2) is 0 Å². The van der Waals surface area contributed by atoms with Gasteiger partial charge in [-0.3, -0.25) is 4.90 Å². The summed E-state index contributed by atoms with van der Waals surface area (Å²) in [5, 5.41) is 6.80. The van der Waals surface area contributed by atoms with Crippen LogP contribution in [0.5, 0.6) is 0 Å². The summed E-state index contributed by atoms with van der Waals surface area (Å²) in [4.78, 5) is 6.67. The number of benzene rings is 1. The quantitative estimate of drug-likeness (QED) is 0.536. The third-order valence-electron chi connectivity index (χ3n) is 4.79. The molecule has 0 bridgehead atoms. The summed E-state index contributed by atoms with van der Waals surface area (Å²) in [7, 11) is 1.75. The number of hydrogen-bond donors (Lipinski definition) is 3. The van der Waals surface area contributed by atoms with Gasteiger partial charge in [0.25, 0.3) is 0 Å². The van der Waals surface area contributed by atoms with Crippen molar-refractivity contribution in [1.82, 2.24) is 14.9 Å². The van der Waals surface area contributed by atoms with E-state index in [2.05, 4.69) is 21.8 Å². The maximum absolute atomic E-state index is 13.3. The lowest BCUT2D eigenvalue weighted by Crippen LogP contribution is -2.36. The van der Waals surface area contributed by atoms with Crippen molar-refractivity contribution in [2.45, 2.75) is 19.0 Å². The lowest BCUT2D eigenvalue weighted by atomic mass is 10.1. The molecule has 3 rings (SSSR count). The van der Waals surface area contributed by atoms with Crippen LogP contribution in [0.3, 0.4) is 0 Å². The number of pyridine rings is 1. The van der Waals surface area contributed by atoms with Crippen LogP contribution >= 0.6 is 0 Å². The largest absolute Gasteiger partial charge is 0.403 e. The van der Waals surface area contributed by atoms with Crippen molar-refractivity contribution in [3.05, 3.63) is 54.5 Å². The maximum Gasteiger partial charge on any atom is 0.130 e. The summed E-state index contributed by atoms with van der Waals surface area (Å²) in [6.45, 7) is 6.30. The monoisotopic (exact) mass is 370 g/mol. The van der Waals surface area contributed by atoms with Gasteiger partial charge >= 0.3 is 0 Å². The minimum atomic E-state index is -0.668. The molecule has 0 radical (unpaired) electrons. The third kappa shape index (κ3) is 4.75. The molecule has 2 heterocycles. The highest BCUT2D eigenvalue weighted by molar-refractivity contribution is 5.87. The summed E-state index contributed by atoms with van der Waals surface area (Å²) < 4.78 is 13.3. The topological polar surface area (TPSA) is 83.4 Å². The van der Waals surface area contributed by atoms with Crippen molar-refractivity contribution in [3.63, 3.8) is 0 Å². The molecule has 1 aromatic heterocycles. The highest BCUT2D eigenvalue weighted by Crippen LogP contribution is 2.23. The number of nitrogens with one attached hydrogen (secondary N) is 1. The Labute approximate surface area is 159 Å². The van der Waals surface area contributed by atoms with Crippen molar-refractivity contribution >= 4 is 22.3 Å². The predicted molar refractivity (Wildman–Crippen MR) is 109 cm³/mol. The fourth-order valence-electron chi connectivity index (χ4n) is 3.34. The van der Waals surface area contributed by atoms with E-state index in [0.717, 1.165) is 46.6 Å². The molecular weight excluding hydrogens is 343 g/mol. The van der Waals surface area contributed by atoms with Crippen LogP contribution in [0.15, 0.2) is 48.9 Å². The van der Waals surface area contributed by atoms with Gasteiger partial charge < -0.3 is 16.1 Å². The van der Waals surface area contributed by atoms with Crippen molar-refractivity contribution < 1.29 is 4.39 Å². The van der Waals surface area contributed by atoms with Gasteiger partial charge in [0.1, 0.15) is 12.0 Å². The standard InChI is InChI=1S/C20H27FN6/c1-14(13-27-7-5-18(21)6-8-27)25-20-10-17-9-15(19(11-22)26(2)23)3-4-16(17)12-24-20/h3-4,9-12,18H,1,5-8,13,22-23H2,2H3,(H,24,25)/b19-11-. The van der Waals surface area contributed by atoms with E-state index < -0.39 is 6.17 Å². The lowest BCUT2D eigenvalue weighted by Gasteiger charge is -2.29. The van der Waals surface area contributed by atoms with Gasteiger partial charge in [0, 0.05) is 55.7 Å². The van der Waals surface area contributed by atoms with Crippen LogP contribution < -0.4 is 16.9 Å². The first kappa shape index (κ1) is 19.1. The second-order valence-corrected chi connectivity index (χ2v) is 6.97. The number of anilines is 1. The molecule has 0 aliphatic carbocycles. The van der Waals surface area contributed by atoms with Crippen molar-refractivity contribution in [2.24, 2.45) is 11.6 Å². The number of fused-ring (bicyclic) bond motifs is 1. The fourth-order valence-corrected chi connectivity index (χ4v) is 3.34. The molecule has 1 saturated heterocycles. The third-order valence-corrected chi connectivity index (χ3v) is 4.79. The Morgan fingerprint density at radius 2 is 2.11 bits per heavy atom. The molecule has 144 valence electrons. The van der Waals surface area contributed by atoms with E-state index in [-0.39, 0.29) is 0 Å². The molecule has 1 fully saturated rings. The van der Waals surface area contributed by atoms with Gasteiger partial charge in [-0.15, -0.1) is 0 Å². The van der Waals surface area contributed by atoms with Crippen LogP contribution in [-0.2, 0) is 0 Å². The Morgan fingerprint density at radius 1 is 1.37 bits per heavy atom. The summed E-state index contributed by atoms with van der Waals surface area (Å²) in [6, 6.07) is 7.96. The van der Waals surface area contributed by atoms with E-state index in [1.807, 2.05) is 30.5 Å². The van der Waals surface area contributed by atoms with Crippen molar-refractivity contribution in [3.8, 4) is 0 Å². The average Bonchev–Trinajstić information content (AvgIpc) is 2.63. The summed E-state index contributed by atoms with van der Waals surface area (Å²) in [5.41, 5.74) is 8.21. The molecule has 1 aliphatic rings. The van der Waals surface area contributed by atoms with Gasteiger partial charge in [-0.2, -0.15) is 0 Å². The van der Waals surface area contributed by atoms with Crippen LogP contribution in [0, 0.1) is 0 Å². The minimum Gasteiger partial charge on any atom is -0.403 e. The number of hydrazine groups is 1. The summed E-state index contributed by atoms with van der Waals surface area (Å²) in [6.07, 6.45) is 3.83. The molecule has 0 unspecified atom stereocenters. The van der Waals surface area contributed by atoms with E-state index in [4.69, 9.17) is 11.6 Å². The van der Waals surface area contributed by atoms with E-state index in [1.54, 1.807) is 7.05 Å². The molecule has 27 heavy (non-hydrogen) atoms. The SMILES string of the molecule is C=C(CN1CCC(F)CC1)Nc1cc2cc(/C(=C/N)N(C)N)ccc2cn1. The summed E-state index contributed by atoms with van der Waals surface area (Å²) in [5.74, 6) is 6.56. The van der Waals surface area contributed by atoms with Gasteiger partial charge in [-0.05, 0) is 30.4 Å². The molecule has 2 aromatic rings. The first-order chi connectivity index (χ1) is 13.0. The zero-order valence-corrected chi connectivity index (χ0v) is 15.7. The van der Waals surface area contributed by atoms with E-state index >= 15 is 0 Å². The van der Waals surface area contributed by atoms with Crippen LogP contribution in [0.25, 0.3) is 16.5 Å². The first-order valence-electron chi connectivity index (χ1n) is 9.08. The molecule has 1 aliphatic heterocycles. The van der Waals surface area contributed by atoms with E-state index in [1.165, 1.54) is 11.2 Å². The highest BCUT2D eigenvalue weighted by Gasteiger charge is 2.18. The Kier molecular flexibility index (Phi) is 5.93. The Morgan fingerprint density at radius 3 is 2.78 bits per heavy atom. The lowest BCUT2D eigenvalue weighted by molar-refractivity contribution is 0.160. The second-order valence-electron chi connectivity index (χ2n) is 6.97. The summed E-state index contributed by atoms with van der Waals surface area (Å²) >= 11 is 0. The zero-order valence-electron chi connectivity index (χ0n) is 15.7. The normalized spacial score (nSPS) is 16.5.